The molecule has 0 atom stereocenters. The second-order valence-electron chi connectivity index (χ2n) is 3.54. The second-order valence-corrected chi connectivity index (χ2v) is 3.54. The average Bonchev–Trinajstić information content (AvgIpc) is 2.64. The summed E-state index contributed by atoms with van der Waals surface area (Å²) in [5.74, 6) is 0.0593. The number of carbonyl (C=O) groups is 1. The molecule has 0 aliphatic carbocycles. The number of ketones is 1. The molecule has 0 bridgehead atoms. The predicted octanol–water partition coefficient (Wildman–Crippen LogP) is 2.52. The van der Waals surface area contributed by atoms with Gasteiger partial charge in [-0.3, -0.25) is 4.79 Å². The molecule has 0 spiro atoms. The van der Waals surface area contributed by atoms with Gasteiger partial charge < -0.3 is 4.57 Å². The number of hydrogen-bond donors (Lipinski definition) is 0. The molecule has 2 aromatic rings. The van der Waals surface area contributed by atoms with Crippen molar-refractivity contribution in [2.75, 3.05) is 0 Å². The fraction of sp³-hybridized carbons (Fsp3) is 0.167. The summed E-state index contributed by atoms with van der Waals surface area (Å²) < 4.78 is 15.3. The van der Waals surface area contributed by atoms with E-state index in [-0.39, 0.29) is 11.5 Å². The number of nitrogens with zero attached hydrogens (tertiary/aromatic N) is 2. The molecule has 1 heterocycles. The second kappa shape index (κ2) is 3.89. The van der Waals surface area contributed by atoms with Crippen LogP contribution in [0.1, 0.15) is 23.1 Å². The summed E-state index contributed by atoms with van der Waals surface area (Å²) in [6.45, 7) is 3.18. The zero-order valence-electron chi connectivity index (χ0n) is 9.07. The van der Waals surface area contributed by atoms with Crippen molar-refractivity contribution in [3.05, 3.63) is 47.8 Å². The molecule has 16 heavy (non-hydrogen) atoms. The van der Waals surface area contributed by atoms with E-state index in [2.05, 4.69) is 4.98 Å². The minimum absolute atomic E-state index is 0.164. The number of Topliss-reactive ketones (excluding diaryl/α,β-unsaturated/α-hetero) is 1. The third-order valence-corrected chi connectivity index (χ3v) is 2.43. The first-order valence-corrected chi connectivity index (χ1v) is 4.91. The van der Waals surface area contributed by atoms with E-state index in [0.717, 1.165) is 0 Å². The lowest BCUT2D eigenvalue weighted by Gasteiger charge is -2.10. The van der Waals surface area contributed by atoms with Crippen LogP contribution in [0.25, 0.3) is 5.69 Å². The van der Waals surface area contributed by atoms with Gasteiger partial charge in [0.05, 0.1) is 5.69 Å². The molecule has 4 heteroatoms. The molecule has 0 amide bonds. The van der Waals surface area contributed by atoms with Crippen molar-refractivity contribution in [3.63, 3.8) is 0 Å². The average molecular weight is 218 g/mol. The molecule has 0 radical (unpaired) electrons. The normalized spacial score (nSPS) is 10.4. The molecular formula is C12H11FN2O. The minimum atomic E-state index is -0.422. The summed E-state index contributed by atoms with van der Waals surface area (Å²) in [4.78, 5) is 15.4. The van der Waals surface area contributed by atoms with Gasteiger partial charge in [0.2, 0.25) is 0 Å². The van der Waals surface area contributed by atoms with Gasteiger partial charge >= 0.3 is 0 Å². The van der Waals surface area contributed by atoms with Crippen molar-refractivity contribution in [2.45, 2.75) is 13.8 Å². The first-order valence-electron chi connectivity index (χ1n) is 4.91. The van der Waals surface area contributed by atoms with E-state index >= 15 is 0 Å². The zero-order chi connectivity index (χ0) is 11.7. The standard InChI is InChI=1S/C12H11FN2O/c1-8(16)10-4-3-5-11(13)12(10)15-7-6-14-9(15)2/h3-7H,1-2H3. The number of halogens is 1. The molecule has 3 nitrogen and oxygen atoms in total. The number of hydrogen-bond acceptors (Lipinski definition) is 2. The molecule has 0 saturated heterocycles. The van der Waals surface area contributed by atoms with Crippen LogP contribution in [-0.4, -0.2) is 15.3 Å². The number of imidazole rings is 1. The number of para-hydroxylation sites is 1. The number of aromatic nitrogens is 2. The summed E-state index contributed by atoms with van der Waals surface area (Å²) in [7, 11) is 0. The summed E-state index contributed by atoms with van der Waals surface area (Å²) in [6.07, 6.45) is 3.21. The Bertz CT molecular complexity index is 546. The van der Waals surface area contributed by atoms with Gasteiger partial charge in [-0.25, -0.2) is 9.37 Å². The van der Waals surface area contributed by atoms with Crippen LogP contribution in [0.5, 0.6) is 0 Å². The van der Waals surface area contributed by atoms with E-state index in [1.165, 1.54) is 19.1 Å². The van der Waals surface area contributed by atoms with Crippen molar-refractivity contribution >= 4 is 5.78 Å². The van der Waals surface area contributed by atoms with Crippen LogP contribution in [0.15, 0.2) is 30.6 Å². The number of benzene rings is 1. The van der Waals surface area contributed by atoms with Crippen LogP contribution in [-0.2, 0) is 0 Å². The monoisotopic (exact) mass is 218 g/mol. The molecule has 2 rings (SSSR count). The molecule has 0 aliphatic rings. The number of carbonyl (C=O) groups excluding carboxylic acids is 1. The van der Waals surface area contributed by atoms with E-state index in [0.29, 0.717) is 11.4 Å². The SMILES string of the molecule is CC(=O)c1cccc(F)c1-n1ccnc1C. The summed E-state index contributed by atoms with van der Waals surface area (Å²) in [5, 5.41) is 0. The summed E-state index contributed by atoms with van der Waals surface area (Å²) >= 11 is 0. The van der Waals surface area contributed by atoms with Gasteiger partial charge in [-0.2, -0.15) is 0 Å². The van der Waals surface area contributed by atoms with Crippen molar-refractivity contribution < 1.29 is 9.18 Å². The lowest BCUT2D eigenvalue weighted by atomic mass is 10.1. The first-order chi connectivity index (χ1) is 7.61. The van der Waals surface area contributed by atoms with Crippen molar-refractivity contribution in [3.8, 4) is 5.69 Å². The van der Waals surface area contributed by atoms with Crippen molar-refractivity contribution in [1.29, 1.82) is 0 Å². The van der Waals surface area contributed by atoms with Crippen LogP contribution >= 0.6 is 0 Å². The highest BCUT2D eigenvalue weighted by molar-refractivity contribution is 5.97. The van der Waals surface area contributed by atoms with Crippen molar-refractivity contribution in [1.82, 2.24) is 9.55 Å². The fourth-order valence-electron chi connectivity index (χ4n) is 1.66. The molecule has 1 aromatic carbocycles. The molecule has 0 fully saturated rings. The summed E-state index contributed by atoms with van der Waals surface area (Å²) in [5.41, 5.74) is 0.631. The van der Waals surface area contributed by atoms with E-state index in [4.69, 9.17) is 0 Å². The third-order valence-electron chi connectivity index (χ3n) is 2.43. The fourth-order valence-corrected chi connectivity index (χ4v) is 1.66. The van der Waals surface area contributed by atoms with Crippen LogP contribution in [0.3, 0.4) is 0 Å². The number of rotatable bonds is 2. The molecule has 82 valence electrons. The van der Waals surface area contributed by atoms with Gasteiger partial charge in [-0.1, -0.05) is 6.07 Å². The third kappa shape index (κ3) is 1.62. The molecule has 1 aromatic heterocycles. The quantitative estimate of drug-likeness (QED) is 0.726. The van der Waals surface area contributed by atoms with E-state index < -0.39 is 5.82 Å². The molecule has 0 aliphatic heterocycles. The van der Waals surface area contributed by atoms with E-state index in [1.807, 2.05) is 0 Å². The van der Waals surface area contributed by atoms with Crippen molar-refractivity contribution in [2.24, 2.45) is 0 Å². The highest BCUT2D eigenvalue weighted by Gasteiger charge is 2.14. The van der Waals surface area contributed by atoms with Gasteiger partial charge in [0.25, 0.3) is 0 Å². The van der Waals surface area contributed by atoms with E-state index in [1.54, 1.807) is 30.0 Å². The Hall–Kier alpha value is -1.97. The van der Waals surface area contributed by atoms with Crippen LogP contribution in [0.2, 0.25) is 0 Å². The van der Waals surface area contributed by atoms with Crippen LogP contribution < -0.4 is 0 Å². The minimum Gasteiger partial charge on any atom is -0.300 e. The largest absolute Gasteiger partial charge is 0.300 e. The highest BCUT2D eigenvalue weighted by Crippen LogP contribution is 2.20. The highest BCUT2D eigenvalue weighted by atomic mass is 19.1. The van der Waals surface area contributed by atoms with Gasteiger partial charge in [0.1, 0.15) is 11.6 Å². The maximum Gasteiger partial charge on any atom is 0.162 e. The van der Waals surface area contributed by atoms with Gasteiger partial charge in [-0.05, 0) is 26.0 Å². The Balaban J connectivity index is 2.73. The van der Waals surface area contributed by atoms with Gasteiger partial charge in [0.15, 0.2) is 5.78 Å². The molecular weight excluding hydrogens is 207 g/mol. The van der Waals surface area contributed by atoms with Crippen LogP contribution in [0.4, 0.5) is 4.39 Å². The molecule has 0 saturated carbocycles. The Morgan fingerprint density at radius 3 is 2.75 bits per heavy atom. The molecule has 0 N–H and O–H groups in total. The Morgan fingerprint density at radius 2 is 2.19 bits per heavy atom. The Morgan fingerprint density at radius 1 is 1.44 bits per heavy atom. The first kappa shape index (κ1) is 10.5. The number of aryl methyl sites for hydroxylation is 1. The maximum atomic E-state index is 13.8. The summed E-state index contributed by atoms with van der Waals surface area (Å²) in [6, 6.07) is 4.48. The predicted molar refractivity (Wildman–Crippen MR) is 58.3 cm³/mol. The topological polar surface area (TPSA) is 34.9 Å². The van der Waals surface area contributed by atoms with Gasteiger partial charge in [-0.15, -0.1) is 0 Å². The smallest absolute Gasteiger partial charge is 0.162 e. The van der Waals surface area contributed by atoms with Gasteiger partial charge in [0, 0.05) is 18.0 Å². The van der Waals surface area contributed by atoms with Crippen LogP contribution in [0, 0.1) is 12.7 Å². The lowest BCUT2D eigenvalue weighted by Crippen LogP contribution is -2.06. The Labute approximate surface area is 92.5 Å². The van der Waals surface area contributed by atoms with E-state index in [9.17, 15) is 9.18 Å². The zero-order valence-corrected chi connectivity index (χ0v) is 9.07. The Kier molecular flexibility index (Phi) is 2.56. The molecule has 0 unspecified atom stereocenters. The lowest BCUT2D eigenvalue weighted by molar-refractivity contribution is 0.101. The maximum absolute atomic E-state index is 13.8.